The van der Waals surface area contributed by atoms with Crippen LogP contribution in [0.25, 0.3) is 0 Å². The van der Waals surface area contributed by atoms with Crippen molar-refractivity contribution in [3.05, 3.63) is 48.0 Å². The summed E-state index contributed by atoms with van der Waals surface area (Å²) in [5, 5.41) is 0. The molecule has 2 aromatic rings. The number of hydrogen-bond donors (Lipinski definition) is 1. The van der Waals surface area contributed by atoms with Crippen molar-refractivity contribution < 1.29 is 8.42 Å². The molecule has 20 heavy (non-hydrogen) atoms. The molecule has 0 aromatic heterocycles. The molecule has 106 valence electrons. The minimum atomic E-state index is -3.33. The fraction of sp³-hybridized carbons (Fsp3) is 0.200. The Bertz CT molecular complexity index is 739. The molecule has 0 unspecified atom stereocenters. The lowest BCUT2D eigenvalue weighted by Gasteiger charge is -2.24. The molecule has 4 nitrogen and oxygen atoms in total. The molecule has 5 heteroatoms. The van der Waals surface area contributed by atoms with Crippen molar-refractivity contribution >= 4 is 26.9 Å². The summed E-state index contributed by atoms with van der Waals surface area (Å²) < 4.78 is 23.5. The molecule has 0 saturated carbocycles. The van der Waals surface area contributed by atoms with Crippen molar-refractivity contribution in [3.8, 4) is 0 Å². The van der Waals surface area contributed by atoms with Gasteiger partial charge in [-0.15, -0.1) is 0 Å². The highest BCUT2D eigenvalue weighted by Gasteiger charge is 2.17. The summed E-state index contributed by atoms with van der Waals surface area (Å²) >= 11 is 0. The quantitative estimate of drug-likeness (QED) is 0.883. The van der Waals surface area contributed by atoms with E-state index >= 15 is 0 Å². The molecule has 0 saturated heterocycles. The van der Waals surface area contributed by atoms with Crippen LogP contribution in [0.1, 0.15) is 5.56 Å². The van der Waals surface area contributed by atoms with Gasteiger partial charge in [-0.25, -0.2) is 8.42 Å². The van der Waals surface area contributed by atoms with Crippen LogP contribution >= 0.6 is 0 Å². The van der Waals surface area contributed by atoms with Crippen LogP contribution < -0.4 is 10.6 Å². The second-order valence-corrected chi connectivity index (χ2v) is 6.79. The zero-order valence-electron chi connectivity index (χ0n) is 11.8. The number of benzene rings is 2. The smallest absolute Gasteiger partial charge is 0.177 e. The van der Waals surface area contributed by atoms with Gasteiger partial charge in [0.25, 0.3) is 0 Å². The number of nitrogens with two attached hydrogens (primary N) is 1. The molecule has 2 aromatic carbocycles. The number of aryl methyl sites for hydroxylation is 1. The average molecular weight is 290 g/mol. The largest absolute Gasteiger partial charge is 0.396 e. The molecule has 0 amide bonds. The Kier molecular flexibility index (Phi) is 3.72. The van der Waals surface area contributed by atoms with Crippen molar-refractivity contribution in [2.45, 2.75) is 11.8 Å². The summed E-state index contributed by atoms with van der Waals surface area (Å²) in [5.74, 6) is 0. The lowest BCUT2D eigenvalue weighted by atomic mass is 10.1. The number of para-hydroxylation sites is 2. The lowest BCUT2D eigenvalue weighted by molar-refractivity contribution is 0.602. The second-order valence-electron chi connectivity index (χ2n) is 4.81. The third kappa shape index (κ3) is 2.63. The number of nitrogen functional groups attached to an aromatic ring is 1. The molecule has 0 aliphatic heterocycles. The minimum absolute atomic E-state index is 0.162. The highest BCUT2D eigenvalue weighted by atomic mass is 32.2. The van der Waals surface area contributed by atoms with E-state index in [1.165, 1.54) is 6.07 Å². The molecule has 0 atom stereocenters. The maximum absolute atomic E-state index is 11.7. The number of rotatable bonds is 3. The summed E-state index contributed by atoms with van der Waals surface area (Å²) in [5.41, 5.74) is 9.09. The first-order valence-electron chi connectivity index (χ1n) is 6.20. The third-order valence-electron chi connectivity index (χ3n) is 3.28. The van der Waals surface area contributed by atoms with Crippen molar-refractivity contribution in [1.82, 2.24) is 0 Å². The molecule has 0 fully saturated rings. The van der Waals surface area contributed by atoms with Crippen LogP contribution in [0, 0.1) is 6.92 Å². The monoisotopic (exact) mass is 290 g/mol. The zero-order chi connectivity index (χ0) is 14.9. The standard InChI is InChI=1S/C15H18N2O2S/c1-11-7-4-5-8-12(11)17(2)13-9-6-10-14(15(13)16)20(3,18)19/h4-10H,16H2,1-3H3. The molecule has 2 rings (SSSR count). The van der Waals surface area contributed by atoms with E-state index in [2.05, 4.69) is 0 Å². The van der Waals surface area contributed by atoms with Gasteiger partial charge in [0.1, 0.15) is 0 Å². The molecular formula is C15H18N2O2S. The molecule has 0 aliphatic carbocycles. The van der Waals surface area contributed by atoms with E-state index in [9.17, 15) is 8.42 Å². The summed E-state index contributed by atoms with van der Waals surface area (Å²) in [6.07, 6.45) is 1.16. The predicted molar refractivity (Wildman–Crippen MR) is 83.2 cm³/mol. The number of anilines is 3. The Labute approximate surface area is 119 Å². The van der Waals surface area contributed by atoms with Crippen molar-refractivity contribution in [3.63, 3.8) is 0 Å². The van der Waals surface area contributed by atoms with Crippen LogP contribution in [-0.2, 0) is 9.84 Å². The molecule has 2 N–H and O–H groups in total. The molecule has 0 heterocycles. The van der Waals surface area contributed by atoms with Gasteiger partial charge in [-0.05, 0) is 30.7 Å². The van der Waals surface area contributed by atoms with Gasteiger partial charge >= 0.3 is 0 Å². The third-order valence-corrected chi connectivity index (χ3v) is 4.44. The van der Waals surface area contributed by atoms with Crippen LogP contribution in [0.15, 0.2) is 47.4 Å². The van der Waals surface area contributed by atoms with Crippen molar-refractivity contribution in [2.75, 3.05) is 23.9 Å². The molecule has 0 spiro atoms. The van der Waals surface area contributed by atoms with E-state index in [0.717, 1.165) is 17.5 Å². The first kappa shape index (κ1) is 14.4. The number of sulfone groups is 1. The lowest BCUT2D eigenvalue weighted by Crippen LogP contribution is -2.14. The zero-order valence-corrected chi connectivity index (χ0v) is 12.6. The van der Waals surface area contributed by atoms with Crippen LogP contribution in [0.2, 0.25) is 0 Å². The van der Waals surface area contributed by atoms with Crippen LogP contribution in [-0.4, -0.2) is 21.7 Å². The van der Waals surface area contributed by atoms with Crippen molar-refractivity contribution in [2.24, 2.45) is 0 Å². The van der Waals surface area contributed by atoms with Gasteiger partial charge in [-0.3, -0.25) is 0 Å². The normalized spacial score (nSPS) is 11.3. The van der Waals surface area contributed by atoms with Gasteiger partial charge in [0.15, 0.2) is 9.84 Å². The highest BCUT2D eigenvalue weighted by molar-refractivity contribution is 7.90. The van der Waals surface area contributed by atoms with E-state index in [0.29, 0.717) is 5.69 Å². The maximum atomic E-state index is 11.7. The first-order valence-corrected chi connectivity index (χ1v) is 8.09. The van der Waals surface area contributed by atoms with Crippen molar-refractivity contribution in [1.29, 1.82) is 0 Å². The van der Waals surface area contributed by atoms with E-state index in [1.54, 1.807) is 6.07 Å². The molecule has 0 aliphatic rings. The Hall–Kier alpha value is -2.01. The van der Waals surface area contributed by atoms with E-state index in [1.807, 2.05) is 49.2 Å². The van der Waals surface area contributed by atoms with Crippen LogP contribution in [0.5, 0.6) is 0 Å². The van der Waals surface area contributed by atoms with Gasteiger partial charge in [0.05, 0.1) is 16.3 Å². The average Bonchev–Trinajstić information content (AvgIpc) is 2.37. The summed E-state index contributed by atoms with van der Waals surface area (Å²) in [4.78, 5) is 2.06. The predicted octanol–water partition coefficient (Wildman–Crippen LogP) is 2.75. The van der Waals surface area contributed by atoms with Gasteiger partial charge < -0.3 is 10.6 Å². The molecule has 0 bridgehead atoms. The van der Waals surface area contributed by atoms with Gasteiger partial charge in [0.2, 0.25) is 0 Å². The summed E-state index contributed by atoms with van der Waals surface area (Å²) in [7, 11) is -1.46. The van der Waals surface area contributed by atoms with Crippen LogP contribution in [0.3, 0.4) is 0 Å². The van der Waals surface area contributed by atoms with Gasteiger partial charge in [0, 0.05) is 19.0 Å². The topological polar surface area (TPSA) is 63.4 Å². The maximum Gasteiger partial charge on any atom is 0.177 e. The van der Waals surface area contributed by atoms with Gasteiger partial charge in [-0.2, -0.15) is 0 Å². The Balaban J connectivity index is 2.57. The first-order chi connectivity index (χ1) is 9.32. The van der Waals surface area contributed by atoms with Gasteiger partial charge in [-0.1, -0.05) is 24.3 Å². The Morgan fingerprint density at radius 2 is 1.60 bits per heavy atom. The summed E-state index contributed by atoms with van der Waals surface area (Å²) in [6, 6.07) is 12.9. The minimum Gasteiger partial charge on any atom is -0.396 e. The number of nitrogens with zero attached hydrogens (tertiary/aromatic N) is 1. The van der Waals surface area contributed by atoms with E-state index in [-0.39, 0.29) is 10.6 Å². The Morgan fingerprint density at radius 1 is 1.00 bits per heavy atom. The number of hydrogen-bond acceptors (Lipinski definition) is 4. The Morgan fingerprint density at radius 3 is 2.20 bits per heavy atom. The van der Waals surface area contributed by atoms with Crippen LogP contribution in [0.4, 0.5) is 17.1 Å². The fourth-order valence-electron chi connectivity index (χ4n) is 2.22. The molecular weight excluding hydrogens is 272 g/mol. The van der Waals surface area contributed by atoms with E-state index in [4.69, 9.17) is 5.73 Å². The SMILES string of the molecule is Cc1ccccc1N(C)c1cccc(S(C)(=O)=O)c1N. The highest BCUT2D eigenvalue weighted by Crippen LogP contribution is 2.34. The molecule has 0 radical (unpaired) electrons. The second kappa shape index (κ2) is 5.17. The summed E-state index contributed by atoms with van der Waals surface area (Å²) in [6.45, 7) is 2.00. The fourth-order valence-corrected chi connectivity index (χ4v) is 3.05. The van der Waals surface area contributed by atoms with E-state index < -0.39 is 9.84 Å².